The zero-order valence-electron chi connectivity index (χ0n) is 15.6. The summed E-state index contributed by atoms with van der Waals surface area (Å²) in [5.41, 5.74) is 2.19. The number of nitrogens with one attached hydrogen (secondary N) is 1. The zero-order valence-corrected chi connectivity index (χ0v) is 15.6. The quantitative estimate of drug-likeness (QED) is 0.685. The van der Waals surface area contributed by atoms with Crippen molar-refractivity contribution in [3.63, 3.8) is 0 Å². The minimum atomic E-state index is 0.120. The molecule has 6 nitrogen and oxygen atoms in total. The highest BCUT2D eigenvalue weighted by Crippen LogP contribution is 2.38. The first-order valence-electron chi connectivity index (χ1n) is 9.20. The molecule has 0 spiro atoms. The zero-order chi connectivity index (χ0) is 18.1. The summed E-state index contributed by atoms with van der Waals surface area (Å²) in [4.78, 5) is 0. The van der Waals surface area contributed by atoms with Crippen LogP contribution < -0.4 is 10.1 Å². The third-order valence-electron chi connectivity index (χ3n) is 4.61. The van der Waals surface area contributed by atoms with Crippen LogP contribution >= 0.6 is 0 Å². The van der Waals surface area contributed by atoms with E-state index in [1.165, 1.54) is 18.4 Å². The Labute approximate surface area is 153 Å². The van der Waals surface area contributed by atoms with Crippen LogP contribution in [0.2, 0.25) is 0 Å². The van der Waals surface area contributed by atoms with Crippen molar-refractivity contribution in [2.45, 2.75) is 44.9 Å². The molecule has 0 bridgehead atoms. The molecular weight excluding hydrogens is 326 g/mol. The SMILES string of the molecule is CC(C)(C)c1cccc(OCCNc2ccc3nnc(C4CC4)n3n2)c1. The molecule has 4 rings (SSSR count). The average molecular weight is 351 g/mol. The van der Waals surface area contributed by atoms with E-state index in [-0.39, 0.29) is 5.41 Å². The summed E-state index contributed by atoms with van der Waals surface area (Å²) < 4.78 is 7.74. The van der Waals surface area contributed by atoms with E-state index in [0.717, 1.165) is 23.0 Å². The van der Waals surface area contributed by atoms with Crippen LogP contribution in [0, 0.1) is 0 Å². The lowest BCUT2D eigenvalue weighted by Gasteiger charge is -2.19. The van der Waals surface area contributed by atoms with E-state index >= 15 is 0 Å². The smallest absolute Gasteiger partial charge is 0.178 e. The van der Waals surface area contributed by atoms with Crippen LogP contribution in [0.25, 0.3) is 5.65 Å². The van der Waals surface area contributed by atoms with Crippen LogP contribution in [0.3, 0.4) is 0 Å². The second-order valence-electron chi connectivity index (χ2n) is 7.87. The van der Waals surface area contributed by atoms with Gasteiger partial charge in [0.15, 0.2) is 11.5 Å². The van der Waals surface area contributed by atoms with Crippen molar-refractivity contribution in [1.82, 2.24) is 19.8 Å². The first kappa shape index (κ1) is 16.8. The minimum absolute atomic E-state index is 0.120. The molecule has 0 saturated heterocycles. The van der Waals surface area contributed by atoms with Gasteiger partial charge < -0.3 is 10.1 Å². The molecule has 0 aliphatic heterocycles. The summed E-state index contributed by atoms with van der Waals surface area (Å²) in [6.45, 7) is 7.87. The third kappa shape index (κ3) is 3.64. The van der Waals surface area contributed by atoms with Gasteiger partial charge in [0, 0.05) is 5.92 Å². The van der Waals surface area contributed by atoms with Gasteiger partial charge >= 0.3 is 0 Å². The second kappa shape index (κ2) is 6.59. The predicted octanol–water partition coefficient (Wildman–Crippen LogP) is 3.79. The van der Waals surface area contributed by atoms with Gasteiger partial charge in [-0.2, -0.15) is 4.52 Å². The van der Waals surface area contributed by atoms with Gasteiger partial charge in [0.1, 0.15) is 18.2 Å². The van der Waals surface area contributed by atoms with E-state index in [2.05, 4.69) is 53.5 Å². The van der Waals surface area contributed by atoms with E-state index in [4.69, 9.17) is 4.74 Å². The molecule has 1 fully saturated rings. The summed E-state index contributed by atoms with van der Waals surface area (Å²) in [5, 5.41) is 16.4. The highest BCUT2D eigenvalue weighted by atomic mass is 16.5. The largest absolute Gasteiger partial charge is 0.492 e. The van der Waals surface area contributed by atoms with Gasteiger partial charge in [0.25, 0.3) is 0 Å². The Hall–Kier alpha value is -2.63. The molecule has 3 aromatic rings. The normalized spacial score (nSPS) is 14.6. The number of aromatic nitrogens is 4. The maximum atomic E-state index is 5.89. The van der Waals surface area contributed by atoms with Crippen LogP contribution in [-0.2, 0) is 5.41 Å². The Bertz CT molecular complexity index is 908. The molecular formula is C20H25N5O. The summed E-state index contributed by atoms with van der Waals surface area (Å²) >= 11 is 0. The molecule has 1 aliphatic rings. The van der Waals surface area contributed by atoms with Crippen LogP contribution in [0.5, 0.6) is 5.75 Å². The fourth-order valence-corrected chi connectivity index (χ4v) is 2.90. The fraction of sp³-hybridized carbons (Fsp3) is 0.450. The Morgan fingerprint density at radius 2 is 2.00 bits per heavy atom. The second-order valence-corrected chi connectivity index (χ2v) is 7.87. The van der Waals surface area contributed by atoms with Gasteiger partial charge in [-0.1, -0.05) is 32.9 Å². The number of hydrogen-bond donors (Lipinski definition) is 1. The van der Waals surface area contributed by atoms with Crippen molar-refractivity contribution in [2.75, 3.05) is 18.5 Å². The molecule has 1 aromatic carbocycles. The van der Waals surface area contributed by atoms with Crippen molar-refractivity contribution in [1.29, 1.82) is 0 Å². The van der Waals surface area contributed by atoms with E-state index < -0.39 is 0 Å². The number of rotatable bonds is 6. The molecule has 0 radical (unpaired) electrons. The number of benzene rings is 1. The Kier molecular flexibility index (Phi) is 4.26. The van der Waals surface area contributed by atoms with Gasteiger partial charge in [-0.3, -0.25) is 0 Å². The minimum Gasteiger partial charge on any atom is -0.492 e. The lowest BCUT2D eigenvalue weighted by atomic mass is 9.87. The van der Waals surface area contributed by atoms with Crippen molar-refractivity contribution in [3.8, 4) is 5.75 Å². The van der Waals surface area contributed by atoms with Gasteiger partial charge in [-0.25, -0.2) is 0 Å². The van der Waals surface area contributed by atoms with E-state index in [1.54, 1.807) is 0 Å². The number of hydrogen-bond acceptors (Lipinski definition) is 5. The molecule has 26 heavy (non-hydrogen) atoms. The Balaban J connectivity index is 1.35. The van der Waals surface area contributed by atoms with Crippen LogP contribution in [0.1, 0.15) is 50.9 Å². The number of ether oxygens (including phenoxy) is 1. The van der Waals surface area contributed by atoms with Crippen molar-refractivity contribution >= 4 is 11.5 Å². The highest BCUT2D eigenvalue weighted by molar-refractivity contribution is 5.44. The van der Waals surface area contributed by atoms with Crippen molar-refractivity contribution < 1.29 is 4.74 Å². The Morgan fingerprint density at radius 1 is 1.15 bits per heavy atom. The maximum absolute atomic E-state index is 5.89. The number of fused-ring (bicyclic) bond motifs is 1. The molecule has 1 N–H and O–H groups in total. The van der Waals surface area contributed by atoms with E-state index in [0.29, 0.717) is 19.1 Å². The number of nitrogens with zero attached hydrogens (tertiary/aromatic N) is 4. The predicted molar refractivity (Wildman–Crippen MR) is 102 cm³/mol. The number of anilines is 1. The van der Waals surface area contributed by atoms with Gasteiger partial charge in [0.05, 0.1) is 6.54 Å². The standard InChI is InChI=1S/C20H25N5O/c1-20(2,3)15-5-4-6-16(13-15)26-12-11-21-17-9-10-18-22-23-19(14-7-8-14)25(18)24-17/h4-6,9-10,13-14H,7-8,11-12H2,1-3H3,(H,21,24). The maximum Gasteiger partial charge on any atom is 0.178 e. The molecule has 1 aliphatic carbocycles. The van der Waals surface area contributed by atoms with Gasteiger partial charge in [-0.15, -0.1) is 15.3 Å². The van der Waals surface area contributed by atoms with Crippen molar-refractivity contribution in [3.05, 3.63) is 47.8 Å². The first-order valence-corrected chi connectivity index (χ1v) is 9.20. The fourth-order valence-electron chi connectivity index (χ4n) is 2.90. The van der Waals surface area contributed by atoms with Crippen molar-refractivity contribution in [2.24, 2.45) is 0 Å². The van der Waals surface area contributed by atoms with Crippen LogP contribution in [0.15, 0.2) is 36.4 Å². The Morgan fingerprint density at radius 3 is 2.77 bits per heavy atom. The van der Waals surface area contributed by atoms with Gasteiger partial charge in [0.2, 0.25) is 0 Å². The summed E-state index contributed by atoms with van der Waals surface area (Å²) in [5.74, 6) is 3.20. The molecule has 2 aromatic heterocycles. The molecule has 6 heteroatoms. The molecule has 136 valence electrons. The molecule has 0 amide bonds. The molecule has 0 unspecified atom stereocenters. The highest BCUT2D eigenvalue weighted by Gasteiger charge is 2.29. The van der Waals surface area contributed by atoms with Crippen LogP contribution in [0.4, 0.5) is 5.82 Å². The third-order valence-corrected chi connectivity index (χ3v) is 4.61. The van der Waals surface area contributed by atoms with Crippen LogP contribution in [-0.4, -0.2) is 33.0 Å². The van der Waals surface area contributed by atoms with Gasteiger partial charge in [-0.05, 0) is 48.1 Å². The molecule has 0 atom stereocenters. The van der Waals surface area contributed by atoms with E-state index in [1.807, 2.05) is 28.8 Å². The van der Waals surface area contributed by atoms with E-state index in [9.17, 15) is 0 Å². The summed E-state index contributed by atoms with van der Waals surface area (Å²) in [6.07, 6.45) is 2.36. The monoisotopic (exact) mass is 351 g/mol. The summed E-state index contributed by atoms with van der Waals surface area (Å²) in [7, 11) is 0. The lowest BCUT2D eigenvalue weighted by Crippen LogP contribution is -2.14. The topological polar surface area (TPSA) is 64.3 Å². The lowest BCUT2D eigenvalue weighted by molar-refractivity contribution is 0.331. The summed E-state index contributed by atoms with van der Waals surface area (Å²) in [6, 6.07) is 12.2. The molecule has 1 saturated carbocycles. The molecule has 2 heterocycles. The average Bonchev–Trinajstić information content (AvgIpc) is 3.38. The first-order chi connectivity index (χ1) is 12.5.